The van der Waals surface area contributed by atoms with Gasteiger partial charge in [-0.3, -0.25) is 4.79 Å². The SMILES string of the molecule is O=c1cc(NCCS)oc2c(Br)csc12. The van der Waals surface area contributed by atoms with Crippen molar-refractivity contribution in [2.45, 2.75) is 0 Å². The maximum Gasteiger partial charge on any atom is 0.204 e. The molecule has 0 saturated heterocycles. The number of hydrogen-bond acceptors (Lipinski definition) is 5. The summed E-state index contributed by atoms with van der Waals surface area (Å²) in [6.07, 6.45) is 0. The van der Waals surface area contributed by atoms with Crippen molar-refractivity contribution in [2.24, 2.45) is 0 Å². The van der Waals surface area contributed by atoms with Crippen molar-refractivity contribution in [1.29, 1.82) is 0 Å². The zero-order valence-corrected chi connectivity index (χ0v) is 10.9. The lowest BCUT2D eigenvalue weighted by Gasteiger charge is -2.02. The van der Waals surface area contributed by atoms with E-state index in [1.54, 1.807) is 0 Å². The highest BCUT2D eigenvalue weighted by molar-refractivity contribution is 9.10. The van der Waals surface area contributed by atoms with Crippen LogP contribution < -0.4 is 10.7 Å². The molecule has 1 N–H and O–H groups in total. The first kappa shape index (κ1) is 11.0. The molecule has 3 nitrogen and oxygen atoms in total. The van der Waals surface area contributed by atoms with E-state index in [0.29, 0.717) is 28.5 Å². The fourth-order valence-corrected chi connectivity index (χ4v) is 2.75. The highest BCUT2D eigenvalue weighted by Crippen LogP contribution is 2.29. The van der Waals surface area contributed by atoms with Gasteiger partial charge in [-0.05, 0) is 15.9 Å². The van der Waals surface area contributed by atoms with Gasteiger partial charge in [0.2, 0.25) is 5.43 Å². The molecule has 0 aliphatic carbocycles. The van der Waals surface area contributed by atoms with E-state index in [1.165, 1.54) is 17.4 Å². The Morgan fingerprint density at radius 2 is 2.40 bits per heavy atom. The van der Waals surface area contributed by atoms with Gasteiger partial charge in [0.05, 0.1) is 4.47 Å². The zero-order chi connectivity index (χ0) is 10.8. The van der Waals surface area contributed by atoms with E-state index in [4.69, 9.17) is 4.42 Å². The van der Waals surface area contributed by atoms with E-state index in [0.717, 1.165) is 4.47 Å². The van der Waals surface area contributed by atoms with Crippen molar-refractivity contribution < 1.29 is 4.42 Å². The predicted molar refractivity (Wildman–Crippen MR) is 70.4 cm³/mol. The van der Waals surface area contributed by atoms with Crippen LogP contribution in [-0.2, 0) is 0 Å². The molecule has 0 aliphatic rings. The van der Waals surface area contributed by atoms with Gasteiger partial charge in [0, 0.05) is 23.7 Å². The summed E-state index contributed by atoms with van der Waals surface area (Å²) in [6, 6.07) is 1.47. The number of hydrogen-bond donors (Lipinski definition) is 2. The Bertz CT molecular complexity index is 534. The molecule has 0 atom stereocenters. The molecule has 0 saturated carbocycles. The molecular weight excluding hydrogens is 298 g/mol. The van der Waals surface area contributed by atoms with Gasteiger partial charge < -0.3 is 9.73 Å². The second-order valence-corrected chi connectivity index (χ2v) is 5.05. The van der Waals surface area contributed by atoms with E-state index >= 15 is 0 Å². The molecule has 2 aromatic rings. The molecule has 2 aromatic heterocycles. The van der Waals surface area contributed by atoms with E-state index < -0.39 is 0 Å². The van der Waals surface area contributed by atoms with Crippen molar-refractivity contribution in [3.63, 3.8) is 0 Å². The Morgan fingerprint density at radius 1 is 1.60 bits per heavy atom. The Hall–Kier alpha value is -0.460. The number of fused-ring (bicyclic) bond motifs is 1. The number of nitrogens with one attached hydrogen (secondary N) is 1. The van der Waals surface area contributed by atoms with Crippen molar-refractivity contribution in [2.75, 3.05) is 17.6 Å². The molecule has 0 fully saturated rings. The number of halogens is 1. The molecule has 15 heavy (non-hydrogen) atoms. The van der Waals surface area contributed by atoms with Gasteiger partial charge in [0.15, 0.2) is 11.5 Å². The van der Waals surface area contributed by atoms with Gasteiger partial charge in [-0.15, -0.1) is 11.3 Å². The largest absolute Gasteiger partial charge is 0.438 e. The third-order valence-electron chi connectivity index (χ3n) is 1.81. The first-order valence-electron chi connectivity index (χ1n) is 4.28. The molecule has 0 unspecified atom stereocenters. The van der Waals surface area contributed by atoms with E-state index in [9.17, 15) is 4.79 Å². The molecule has 0 radical (unpaired) electrons. The van der Waals surface area contributed by atoms with Crippen molar-refractivity contribution in [3.05, 3.63) is 26.1 Å². The van der Waals surface area contributed by atoms with Gasteiger partial charge >= 0.3 is 0 Å². The van der Waals surface area contributed by atoms with Crippen LogP contribution in [0, 0.1) is 0 Å². The Balaban J connectivity index is 2.50. The van der Waals surface area contributed by atoms with Crippen LogP contribution in [0.1, 0.15) is 0 Å². The minimum atomic E-state index is -0.0198. The molecule has 2 rings (SSSR count). The lowest BCUT2D eigenvalue weighted by Crippen LogP contribution is -2.06. The molecule has 0 aliphatic heterocycles. The molecule has 0 amide bonds. The molecule has 0 aromatic carbocycles. The summed E-state index contributed by atoms with van der Waals surface area (Å²) < 4.78 is 6.99. The number of thiol groups is 1. The standard InChI is InChI=1S/C9H8BrNO2S2/c10-5-4-15-9-6(12)3-7(11-1-2-14)13-8(5)9/h3-4,11,14H,1-2H2. The fourth-order valence-electron chi connectivity index (χ4n) is 1.18. The minimum Gasteiger partial charge on any atom is -0.438 e. The van der Waals surface area contributed by atoms with Crippen LogP contribution >= 0.6 is 39.9 Å². The van der Waals surface area contributed by atoms with Crippen molar-refractivity contribution in [3.8, 4) is 0 Å². The Kier molecular flexibility index (Phi) is 3.38. The van der Waals surface area contributed by atoms with Crippen molar-refractivity contribution >= 4 is 56.1 Å². The summed E-state index contributed by atoms with van der Waals surface area (Å²) in [7, 11) is 0. The number of rotatable bonds is 3. The molecule has 6 heteroatoms. The first-order chi connectivity index (χ1) is 7.22. The summed E-state index contributed by atoms with van der Waals surface area (Å²) in [6.45, 7) is 0.666. The molecular formula is C9H8BrNO2S2. The first-order valence-corrected chi connectivity index (χ1v) is 6.58. The molecule has 2 heterocycles. The quantitative estimate of drug-likeness (QED) is 0.857. The summed E-state index contributed by atoms with van der Waals surface area (Å²) in [5, 5.41) is 4.83. The zero-order valence-electron chi connectivity index (χ0n) is 7.62. The highest BCUT2D eigenvalue weighted by atomic mass is 79.9. The average molecular weight is 306 g/mol. The lowest BCUT2D eigenvalue weighted by molar-refractivity contribution is 0.615. The van der Waals surface area contributed by atoms with Crippen LogP contribution in [0.5, 0.6) is 0 Å². The van der Waals surface area contributed by atoms with Crippen LogP contribution in [0.15, 0.2) is 25.1 Å². The van der Waals surface area contributed by atoms with Gasteiger partial charge in [-0.25, -0.2) is 0 Å². The fraction of sp³-hybridized carbons (Fsp3) is 0.222. The number of anilines is 1. The lowest BCUT2D eigenvalue weighted by atomic mass is 10.4. The van der Waals surface area contributed by atoms with Crippen LogP contribution in [0.2, 0.25) is 0 Å². The molecule has 0 bridgehead atoms. The smallest absolute Gasteiger partial charge is 0.204 e. The third-order valence-corrected chi connectivity index (χ3v) is 3.90. The Morgan fingerprint density at radius 3 is 3.13 bits per heavy atom. The van der Waals surface area contributed by atoms with Crippen LogP contribution in [0.25, 0.3) is 10.3 Å². The maximum absolute atomic E-state index is 11.6. The maximum atomic E-state index is 11.6. The Labute approximate surface area is 104 Å². The van der Waals surface area contributed by atoms with Crippen LogP contribution in [0.3, 0.4) is 0 Å². The summed E-state index contributed by atoms with van der Waals surface area (Å²) in [5.41, 5.74) is 0.586. The minimum absolute atomic E-state index is 0.0198. The van der Waals surface area contributed by atoms with Crippen LogP contribution in [-0.4, -0.2) is 12.3 Å². The average Bonchev–Trinajstić information content (AvgIpc) is 2.58. The van der Waals surface area contributed by atoms with Crippen LogP contribution in [0.4, 0.5) is 5.88 Å². The topological polar surface area (TPSA) is 42.2 Å². The van der Waals surface area contributed by atoms with Crippen molar-refractivity contribution in [1.82, 2.24) is 0 Å². The normalized spacial score (nSPS) is 10.8. The van der Waals surface area contributed by atoms with E-state index in [1.807, 2.05) is 5.38 Å². The predicted octanol–water partition coefficient (Wildman–Crippen LogP) is 2.96. The van der Waals surface area contributed by atoms with Gasteiger partial charge in [-0.1, -0.05) is 0 Å². The summed E-state index contributed by atoms with van der Waals surface area (Å²) in [4.78, 5) is 11.6. The molecule has 0 spiro atoms. The number of thiophene rings is 1. The third kappa shape index (κ3) is 2.21. The highest BCUT2D eigenvalue weighted by Gasteiger charge is 2.09. The molecule has 80 valence electrons. The van der Waals surface area contributed by atoms with E-state index in [2.05, 4.69) is 33.9 Å². The van der Waals surface area contributed by atoms with E-state index in [-0.39, 0.29) is 5.43 Å². The monoisotopic (exact) mass is 305 g/mol. The second kappa shape index (κ2) is 4.59. The summed E-state index contributed by atoms with van der Waals surface area (Å²) >= 11 is 8.78. The van der Waals surface area contributed by atoms with Gasteiger partial charge in [0.1, 0.15) is 4.70 Å². The van der Waals surface area contributed by atoms with Gasteiger partial charge in [-0.2, -0.15) is 12.6 Å². The van der Waals surface area contributed by atoms with Gasteiger partial charge in [0.25, 0.3) is 0 Å². The second-order valence-electron chi connectivity index (χ2n) is 2.87. The summed E-state index contributed by atoms with van der Waals surface area (Å²) in [5.74, 6) is 1.17.